The third kappa shape index (κ3) is 4.83. The molecule has 1 aliphatic heterocycles. The van der Waals surface area contributed by atoms with Crippen LogP contribution < -0.4 is 5.32 Å². The molecule has 0 aromatic heterocycles. The summed E-state index contributed by atoms with van der Waals surface area (Å²) in [4.78, 5) is 0. The second-order valence-corrected chi connectivity index (χ2v) is 5.22. The molecule has 0 spiro atoms. The largest absolute Gasteiger partial charge is 0.401 e. The van der Waals surface area contributed by atoms with E-state index in [0.717, 1.165) is 0 Å². The van der Waals surface area contributed by atoms with E-state index in [2.05, 4.69) is 5.32 Å². The zero-order valence-electron chi connectivity index (χ0n) is 10.7. The highest BCUT2D eigenvalue weighted by Gasteiger charge is 2.50. The lowest BCUT2D eigenvalue weighted by molar-refractivity contribution is -0.222. The molecule has 0 bridgehead atoms. The van der Waals surface area contributed by atoms with Crippen LogP contribution in [0.4, 0.5) is 26.3 Å². The van der Waals surface area contributed by atoms with Crippen LogP contribution >= 0.6 is 0 Å². The highest BCUT2D eigenvalue weighted by atomic mass is 19.4. The highest BCUT2D eigenvalue weighted by molar-refractivity contribution is 4.95. The van der Waals surface area contributed by atoms with E-state index in [0.29, 0.717) is 0 Å². The molecular weight excluding hydrogens is 276 g/mol. The fourth-order valence-corrected chi connectivity index (χ4v) is 2.17. The maximum absolute atomic E-state index is 12.5. The summed E-state index contributed by atoms with van der Waals surface area (Å²) in [5.74, 6) is -0.932. The molecule has 0 saturated carbocycles. The van der Waals surface area contributed by atoms with E-state index in [9.17, 15) is 26.3 Å². The van der Waals surface area contributed by atoms with Crippen molar-refractivity contribution in [3.8, 4) is 0 Å². The molecule has 1 fully saturated rings. The van der Waals surface area contributed by atoms with Crippen LogP contribution in [0.1, 0.15) is 20.3 Å². The molecule has 1 rings (SSSR count). The average molecular weight is 293 g/mol. The van der Waals surface area contributed by atoms with E-state index >= 15 is 0 Å². The summed E-state index contributed by atoms with van der Waals surface area (Å²) >= 11 is 0. The number of alkyl halides is 6. The van der Waals surface area contributed by atoms with Crippen LogP contribution in [0.5, 0.6) is 0 Å². The van der Waals surface area contributed by atoms with Crippen molar-refractivity contribution in [1.29, 1.82) is 0 Å². The molecule has 0 radical (unpaired) electrons. The monoisotopic (exact) mass is 293 g/mol. The summed E-state index contributed by atoms with van der Waals surface area (Å²) in [6, 6.07) is 0. The number of rotatable bonds is 5. The highest BCUT2D eigenvalue weighted by Crippen LogP contribution is 2.45. The molecule has 19 heavy (non-hydrogen) atoms. The molecule has 0 aromatic rings. The first-order valence-corrected chi connectivity index (χ1v) is 5.90. The van der Waals surface area contributed by atoms with Gasteiger partial charge in [0.2, 0.25) is 0 Å². The van der Waals surface area contributed by atoms with Gasteiger partial charge in [0.15, 0.2) is 0 Å². The van der Waals surface area contributed by atoms with E-state index < -0.39 is 36.7 Å². The number of hydrogen-bond donors (Lipinski definition) is 1. The van der Waals surface area contributed by atoms with Crippen molar-refractivity contribution in [3.05, 3.63) is 0 Å². The Hall–Kier alpha value is -0.500. The number of halogens is 6. The maximum atomic E-state index is 12.5. The lowest BCUT2D eigenvalue weighted by atomic mass is 9.68. The van der Waals surface area contributed by atoms with Crippen LogP contribution in [0.2, 0.25) is 0 Å². The molecule has 1 aliphatic rings. The van der Waals surface area contributed by atoms with E-state index in [1.807, 2.05) is 0 Å². The normalized spacial score (nSPS) is 30.0. The molecule has 1 saturated heterocycles. The first-order chi connectivity index (χ1) is 8.44. The molecular formula is C11H17F6NO. The van der Waals surface area contributed by atoms with Crippen LogP contribution in [-0.4, -0.2) is 38.2 Å². The Labute approximate surface area is 107 Å². The van der Waals surface area contributed by atoms with Crippen LogP contribution in [0.3, 0.4) is 0 Å². The molecule has 8 heteroatoms. The Bertz CT molecular complexity index is 303. The standard InChI is InChI=1S/C11H17F6NO/c1-7-9(2,6-19-7)8(3-10(12,13)14)4-18-5-11(15,16)17/h7-8,18H,3-6H2,1-2H3. The molecule has 0 aliphatic carbocycles. The van der Waals surface area contributed by atoms with Gasteiger partial charge in [0.25, 0.3) is 0 Å². The van der Waals surface area contributed by atoms with E-state index in [1.165, 1.54) is 0 Å². The van der Waals surface area contributed by atoms with Gasteiger partial charge in [0, 0.05) is 11.8 Å². The summed E-state index contributed by atoms with van der Waals surface area (Å²) in [5.41, 5.74) is -0.742. The van der Waals surface area contributed by atoms with Gasteiger partial charge in [0.05, 0.1) is 19.3 Å². The topological polar surface area (TPSA) is 21.3 Å². The Kier molecular flexibility index (Phi) is 4.77. The molecule has 1 heterocycles. The molecule has 1 N–H and O–H groups in total. The van der Waals surface area contributed by atoms with Crippen molar-refractivity contribution >= 4 is 0 Å². The van der Waals surface area contributed by atoms with Gasteiger partial charge in [-0.1, -0.05) is 6.92 Å². The van der Waals surface area contributed by atoms with Gasteiger partial charge in [0.1, 0.15) is 0 Å². The minimum Gasteiger partial charge on any atom is -0.377 e. The Morgan fingerprint density at radius 2 is 1.79 bits per heavy atom. The van der Waals surface area contributed by atoms with Crippen molar-refractivity contribution < 1.29 is 31.1 Å². The molecule has 3 atom stereocenters. The van der Waals surface area contributed by atoms with Gasteiger partial charge in [-0.2, -0.15) is 26.3 Å². The van der Waals surface area contributed by atoms with Crippen LogP contribution in [0.25, 0.3) is 0 Å². The second-order valence-electron chi connectivity index (χ2n) is 5.22. The first kappa shape index (κ1) is 16.6. The van der Waals surface area contributed by atoms with Gasteiger partial charge >= 0.3 is 12.4 Å². The molecule has 0 aromatic carbocycles. The first-order valence-electron chi connectivity index (χ1n) is 5.90. The third-order valence-electron chi connectivity index (χ3n) is 3.70. The van der Waals surface area contributed by atoms with Gasteiger partial charge in [-0.05, 0) is 19.4 Å². The number of ether oxygens (including phenoxy) is 1. The average Bonchev–Trinajstić information content (AvgIpc) is 2.21. The third-order valence-corrected chi connectivity index (χ3v) is 3.70. The second kappa shape index (κ2) is 5.47. The SMILES string of the molecule is CC1OCC1(C)C(CNCC(F)(F)F)CC(F)(F)F. The molecule has 2 nitrogen and oxygen atoms in total. The molecule has 0 amide bonds. The predicted molar refractivity (Wildman–Crippen MR) is 56.6 cm³/mol. The molecule has 114 valence electrons. The van der Waals surface area contributed by atoms with Crippen LogP contribution in [-0.2, 0) is 4.74 Å². The fraction of sp³-hybridized carbons (Fsp3) is 1.00. The van der Waals surface area contributed by atoms with Gasteiger partial charge in [-0.3, -0.25) is 0 Å². The minimum absolute atomic E-state index is 0.141. The maximum Gasteiger partial charge on any atom is 0.401 e. The lowest BCUT2D eigenvalue weighted by Gasteiger charge is -2.50. The van der Waals surface area contributed by atoms with Gasteiger partial charge in [-0.15, -0.1) is 0 Å². The lowest BCUT2D eigenvalue weighted by Crippen LogP contribution is -2.56. The van der Waals surface area contributed by atoms with Gasteiger partial charge in [-0.25, -0.2) is 0 Å². The Balaban J connectivity index is 2.61. The summed E-state index contributed by atoms with van der Waals surface area (Å²) < 4.78 is 78.6. The van der Waals surface area contributed by atoms with Crippen molar-refractivity contribution in [3.63, 3.8) is 0 Å². The summed E-state index contributed by atoms with van der Waals surface area (Å²) in [6.45, 7) is 1.78. The number of hydrogen-bond acceptors (Lipinski definition) is 2. The fourth-order valence-electron chi connectivity index (χ4n) is 2.17. The number of nitrogens with one attached hydrogen (secondary N) is 1. The predicted octanol–water partition coefficient (Wildman–Crippen LogP) is 3.13. The minimum atomic E-state index is -4.43. The van der Waals surface area contributed by atoms with Crippen molar-refractivity contribution in [2.75, 3.05) is 19.7 Å². The van der Waals surface area contributed by atoms with Crippen molar-refractivity contribution in [1.82, 2.24) is 5.32 Å². The summed E-state index contributed by atoms with van der Waals surface area (Å²) in [6.07, 6.45) is -10.3. The van der Waals surface area contributed by atoms with Crippen molar-refractivity contribution in [2.24, 2.45) is 11.3 Å². The smallest absolute Gasteiger partial charge is 0.377 e. The van der Waals surface area contributed by atoms with Gasteiger partial charge < -0.3 is 10.1 Å². The molecule has 3 unspecified atom stereocenters. The quantitative estimate of drug-likeness (QED) is 0.786. The van der Waals surface area contributed by atoms with E-state index in [-0.39, 0.29) is 19.3 Å². The van der Waals surface area contributed by atoms with Crippen LogP contribution in [0.15, 0.2) is 0 Å². The summed E-state index contributed by atoms with van der Waals surface area (Å²) in [5, 5.41) is 2.06. The Morgan fingerprint density at radius 1 is 1.21 bits per heavy atom. The van der Waals surface area contributed by atoms with E-state index in [4.69, 9.17) is 4.74 Å². The van der Waals surface area contributed by atoms with Crippen molar-refractivity contribution in [2.45, 2.75) is 38.7 Å². The summed E-state index contributed by atoms with van der Waals surface area (Å²) in [7, 11) is 0. The zero-order chi connectivity index (χ0) is 14.9. The zero-order valence-corrected chi connectivity index (χ0v) is 10.7. The Morgan fingerprint density at radius 3 is 2.11 bits per heavy atom. The van der Waals surface area contributed by atoms with Crippen LogP contribution in [0, 0.1) is 11.3 Å². The van der Waals surface area contributed by atoms with E-state index in [1.54, 1.807) is 13.8 Å².